The van der Waals surface area contributed by atoms with Crippen molar-refractivity contribution in [1.82, 2.24) is 9.88 Å². The molecule has 1 heterocycles. The highest BCUT2D eigenvalue weighted by molar-refractivity contribution is 9.10. The molecular weight excluding hydrogens is 378 g/mol. The Bertz CT molecular complexity index is 655. The van der Waals surface area contributed by atoms with Gasteiger partial charge in [-0.25, -0.2) is 0 Å². The molecule has 0 aliphatic heterocycles. The number of hydrogen-bond donors (Lipinski definition) is 2. The molecule has 0 aliphatic carbocycles. The second-order valence-electron chi connectivity index (χ2n) is 5.44. The summed E-state index contributed by atoms with van der Waals surface area (Å²) in [6.45, 7) is 7.81. The number of anilines is 1. The lowest BCUT2D eigenvalue weighted by Gasteiger charge is -2.14. The highest BCUT2D eigenvalue weighted by Gasteiger charge is 2.16. The Kier molecular flexibility index (Phi) is 7.82. The van der Waals surface area contributed by atoms with Crippen molar-refractivity contribution in [1.29, 1.82) is 0 Å². The fourth-order valence-corrected chi connectivity index (χ4v) is 2.73. The van der Waals surface area contributed by atoms with Gasteiger partial charge >= 0.3 is 0 Å². The van der Waals surface area contributed by atoms with Crippen LogP contribution in [0.2, 0.25) is 0 Å². The molecule has 2 N–H and O–H groups in total. The number of hydrogen-bond acceptors (Lipinski definition) is 2. The summed E-state index contributed by atoms with van der Waals surface area (Å²) in [5.41, 5.74) is 2.58. The number of para-hydroxylation sites is 1. The number of amides is 1. The molecule has 1 amide bonds. The molecule has 0 saturated heterocycles. The fraction of sp³-hybridized carbons (Fsp3) is 0.353. The molecule has 6 heteroatoms. The van der Waals surface area contributed by atoms with Crippen molar-refractivity contribution in [2.75, 3.05) is 11.9 Å². The number of nitrogens with zero attached hydrogens (tertiary/aromatic N) is 1. The van der Waals surface area contributed by atoms with E-state index in [4.69, 9.17) is 0 Å². The molecule has 0 fully saturated rings. The number of aromatic nitrogens is 1. The van der Waals surface area contributed by atoms with Crippen molar-refractivity contribution in [3.05, 3.63) is 52.3 Å². The summed E-state index contributed by atoms with van der Waals surface area (Å²) in [4.78, 5) is 12.6. The number of halogens is 2. The monoisotopic (exact) mass is 399 g/mol. The summed E-state index contributed by atoms with van der Waals surface area (Å²) in [7, 11) is 0. The Hall–Kier alpha value is -1.30. The summed E-state index contributed by atoms with van der Waals surface area (Å²) in [5, 5.41) is 6.31. The second-order valence-corrected chi connectivity index (χ2v) is 6.35. The summed E-state index contributed by atoms with van der Waals surface area (Å²) in [6.07, 6.45) is 1.93. The molecule has 0 aliphatic rings. The van der Waals surface area contributed by atoms with Crippen LogP contribution in [0.5, 0.6) is 0 Å². The molecule has 23 heavy (non-hydrogen) atoms. The molecule has 1 aromatic carbocycles. The van der Waals surface area contributed by atoms with Gasteiger partial charge in [-0.2, -0.15) is 0 Å². The van der Waals surface area contributed by atoms with Gasteiger partial charge in [0, 0.05) is 28.9 Å². The van der Waals surface area contributed by atoms with E-state index in [1.54, 1.807) is 0 Å². The zero-order chi connectivity index (χ0) is 16.1. The first-order valence-corrected chi connectivity index (χ1v) is 8.29. The largest absolute Gasteiger partial charge is 0.340 e. The van der Waals surface area contributed by atoms with Crippen molar-refractivity contribution in [2.45, 2.75) is 33.4 Å². The zero-order valence-electron chi connectivity index (χ0n) is 13.6. The average molecular weight is 401 g/mol. The van der Waals surface area contributed by atoms with Crippen LogP contribution in [-0.2, 0) is 6.54 Å². The van der Waals surface area contributed by atoms with E-state index in [9.17, 15) is 4.79 Å². The van der Waals surface area contributed by atoms with E-state index in [-0.39, 0.29) is 24.4 Å². The molecule has 0 spiro atoms. The molecule has 0 saturated carbocycles. The highest BCUT2D eigenvalue weighted by atomic mass is 79.9. The molecule has 2 rings (SSSR count). The van der Waals surface area contributed by atoms with Gasteiger partial charge in [0.2, 0.25) is 0 Å². The Morgan fingerprint density at radius 1 is 1.30 bits per heavy atom. The molecule has 0 atom stereocenters. The quantitative estimate of drug-likeness (QED) is 0.743. The highest BCUT2D eigenvalue weighted by Crippen LogP contribution is 2.22. The topological polar surface area (TPSA) is 46.1 Å². The van der Waals surface area contributed by atoms with Crippen LogP contribution in [0.25, 0.3) is 0 Å². The second kappa shape index (κ2) is 9.11. The van der Waals surface area contributed by atoms with E-state index >= 15 is 0 Å². The van der Waals surface area contributed by atoms with Crippen LogP contribution >= 0.6 is 28.3 Å². The van der Waals surface area contributed by atoms with Crippen LogP contribution < -0.4 is 10.6 Å². The molecule has 0 unspecified atom stereocenters. The predicted octanol–water partition coefficient (Wildman–Crippen LogP) is 4.62. The maximum absolute atomic E-state index is 12.6. The van der Waals surface area contributed by atoms with Gasteiger partial charge in [-0.15, -0.1) is 12.4 Å². The Morgan fingerprint density at radius 3 is 2.65 bits per heavy atom. The average Bonchev–Trinajstić information content (AvgIpc) is 2.89. The maximum Gasteiger partial charge on any atom is 0.272 e. The maximum atomic E-state index is 12.6. The fourth-order valence-electron chi connectivity index (χ4n) is 2.30. The van der Waals surface area contributed by atoms with Gasteiger partial charge in [0.25, 0.3) is 5.91 Å². The summed E-state index contributed by atoms with van der Waals surface area (Å²) < 4.78 is 2.87. The van der Waals surface area contributed by atoms with Gasteiger partial charge in [0.15, 0.2) is 0 Å². The van der Waals surface area contributed by atoms with Crippen LogP contribution in [0.15, 0.2) is 41.0 Å². The molecule has 4 nitrogen and oxygen atoms in total. The van der Waals surface area contributed by atoms with Crippen LogP contribution in [0, 0.1) is 0 Å². The van der Waals surface area contributed by atoms with Crippen molar-refractivity contribution in [3.63, 3.8) is 0 Å². The summed E-state index contributed by atoms with van der Waals surface area (Å²) >= 11 is 3.44. The van der Waals surface area contributed by atoms with Gasteiger partial charge in [-0.1, -0.05) is 25.1 Å². The van der Waals surface area contributed by atoms with Crippen molar-refractivity contribution >= 4 is 39.9 Å². The summed E-state index contributed by atoms with van der Waals surface area (Å²) in [5.74, 6) is -0.0941. The van der Waals surface area contributed by atoms with Gasteiger partial charge in [0.1, 0.15) is 5.69 Å². The van der Waals surface area contributed by atoms with Crippen LogP contribution in [-0.4, -0.2) is 17.0 Å². The van der Waals surface area contributed by atoms with E-state index in [2.05, 4.69) is 47.3 Å². The zero-order valence-corrected chi connectivity index (χ0v) is 16.0. The third-order valence-corrected chi connectivity index (χ3v) is 3.87. The van der Waals surface area contributed by atoms with Gasteiger partial charge in [-0.3, -0.25) is 4.79 Å². The first kappa shape index (κ1) is 19.7. The lowest BCUT2D eigenvalue weighted by atomic mass is 10.1. The number of carbonyl (C=O) groups is 1. The van der Waals surface area contributed by atoms with Crippen molar-refractivity contribution in [3.8, 4) is 0 Å². The minimum absolute atomic E-state index is 0. The van der Waals surface area contributed by atoms with E-state index in [1.165, 1.54) is 0 Å². The minimum Gasteiger partial charge on any atom is -0.340 e. The predicted molar refractivity (Wildman–Crippen MR) is 102 cm³/mol. The molecule has 1 aromatic heterocycles. The van der Waals surface area contributed by atoms with E-state index in [0.29, 0.717) is 5.69 Å². The Balaban J connectivity index is 0.00000264. The lowest BCUT2D eigenvalue weighted by Crippen LogP contribution is -2.20. The van der Waals surface area contributed by atoms with Crippen LogP contribution in [0.1, 0.15) is 42.9 Å². The first-order chi connectivity index (χ1) is 10.5. The van der Waals surface area contributed by atoms with Crippen molar-refractivity contribution < 1.29 is 4.79 Å². The first-order valence-electron chi connectivity index (χ1n) is 7.50. The number of carbonyl (C=O) groups excluding carboxylic acids is 1. The number of nitrogens with one attached hydrogen (secondary N) is 2. The summed E-state index contributed by atoms with van der Waals surface area (Å²) in [6, 6.07) is 9.95. The molecule has 0 bridgehead atoms. The van der Waals surface area contributed by atoms with Gasteiger partial charge < -0.3 is 15.2 Å². The Morgan fingerprint density at radius 2 is 2.00 bits per heavy atom. The molecule has 0 radical (unpaired) electrons. The van der Waals surface area contributed by atoms with E-state index in [0.717, 1.165) is 28.8 Å². The normalized spacial score (nSPS) is 10.5. The van der Waals surface area contributed by atoms with Crippen LogP contribution in [0.3, 0.4) is 0 Å². The van der Waals surface area contributed by atoms with E-state index < -0.39 is 0 Å². The molecule has 2 aromatic rings. The number of rotatable bonds is 6. The van der Waals surface area contributed by atoms with Gasteiger partial charge in [0.05, 0.1) is 0 Å². The van der Waals surface area contributed by atoms with Gasteiger partial charge in [-0.05, 0) is 54.0 Å². The Labute approximate surface area is 152 Å². The van der Waals surface area contributed by atoms with Crippen LogP contribution in [0.4, 0.5) is 5.69 Å². The smallest absolute Gasteiger partial charge is 0.272 e. The molecule has 126 valence electrons. The standard InChI is InChI=1S/C17H22BrN3O.ClH/c1-4-19-10-13-7-5-6-8-15(13)20-17(22)16-9-14(18)11-21(16)12(2)3;/h5-9,11-12,19H,4,10H2,1-3H3,(H,20,22);1H. The third kappa shape index (κ3) is 5.09. The van der Waals surface area contributed by atoms with Crippen molar-refractivity contribution in [2.24, 2.45) is 0 Å². The lowest BCUT2D eigenvalue weighted by molar-refractivity contribution is 0.101. The minimum atomic E-state index is -0.0941. The SMILES string of the molecule is CCNCc1ccccc1NC(=O)c1cc(Br)cn1C(C)C.Cl. The van der Waals surface area contributed by atoms with E-state index in [1.807, 2.05) is 41.1 Å². The third-order valence-electron chi connectivity index (χ3n) is 3.44. The molecular formula is C17H23BrClN3O. The number of benzene rings is 1.